The second kappa shape index (κ2) is 6.28. The van der Waals surface area contributed by atoms with Crippen molar-refractivity contribution in [3.63, 3.8) is 0 Å². The van der Waals surface area contributed by atoms with E-state index in [-0.39, 0.29) is 23.5 Å². The van der Waals surface area contributed by atoms with Gasteiger partial charge in [0.2, 0.25) is 0 Å². The summed E-state index contributed by atoms with van der Waals surface area (Å²) in [5, 5.41) is 8.69. The second-order valence-corrected chi connectivity index (χ2v) is 6.11. The highest BCUT2D eigenvalue weighted by atomic mass is 19.1. The van der Waals surface area contributed by atoms with Gasteiger partial charge in [-0.2, -0.15) is 0 Å². The summed E-state index contributed by atoms with van der Waals surface area (Å²) in [4.78, 5) is 14.1. The predicted molar refractivity (Wildman–Crippen MR) is 79.3 cm³/mol. The molecule has 0 radical (unpaired) electrons. The zero-order valence-electron chi connectivity index (χ0n) is 12.4. The third kappa shape index (κ3) is 3.83. The number of aliphatic hydroxyl groups is 1. The molecule has 1 saturated heterocycles. The number of aliphatic hydroxyl groups excluding tert-OH is 1. The molecule has 1 aliphatic rings. The fraction of sp³-hybridized carbons (Fsp3) is 0.471. The Labute approximate surface area is 124 Å². The van der Waals surface area contributed by atoms with Crippen LogP contribution in [0.25, 0.3) is 0 Å². The third-order valence-corrected chi connectivity index (χ3v) is 3.91. The van der Waals surface area contributed by atoms with E-state index in [0.29, 0.717) is 18.7 Å². The van der Waals surface area contributed by atoms with Gasteiger partial charge in [0, 0.05) is 18.7 Å². The first-order valence-corrected chi connectivity index (χ1v) is 7.11. The Bertz CT molecular complexity index is 589. The molecule has 1 heterocycles. The molecule has 0 saturated carbocycles. The summed E-state index contributed by atoms with van der Waals surface area (Å²) in [5.41, 5.74) is 0.828. The second-order valence-electron chi connectivity index (χ2n) is 6.11. The summed E-state index contributed by atoms with van der Waals surface area (Å²) < 4.78 is 13.9. The minimum absolute atomic E-state index is 0.0550. The first kappa shape index (κ1) is 15.5. The molecule has 1 aromatic rings. The van der Waals surface area contributed by atoms with Gasteiger partial charge in [-0.05, 0) is 36.5 Å². The number of nitrogens with zero attached hydrogens (tertiary/aromatic N) is 1. The Kier molecular flexibility index (Phi) is 4.64. The van der Waals surface area contributed by atoms with Crippen LogP contribution in [0.3, 0.4) is 0 Å². The average Bonchev–Trinajstić information content (AvgIpc) is 2.46. The van der Waals surface area contributed by atoms with E-state index in [1.54, 1.807) is 4.90 Å². The van der Waals surface area contributed by atoms with Crippen molar-refractivity contribution >= 4 is 5.91 Å². The van der Waals surface area contributed by atoms with Gasteiger partial charge in [-0.1, -0.05) is 25.7 Å². The van der Waals surface area contributed by atoms with Gasteiger partial charge in [-0.25, -0.2) is 4.39 Å². The maximum Gasteiger partial charge on any atom is 0.256 e. The van der Waals surface area contributed by atoms with Crippen LogP contribution in [-0.2, 0) is 0 Å². The van der Waals surface area contributed by atoms with E-state index in [1.165, 1.54) is 18.2 Å². The molecule has 0 aliphatic carbocycles. The highest BCUT2D eigenvalue weighted by Crippen LogP contribution is 2.30. The van der Waals surface area contributed by atoms with E-state index in [2.05, 4.69) is 25.7 Å². The fourth-order valence-electron chi connectivity index (χ4n) is 2.39. The van der Waals surface area contributed by atoms with Crippen molar-refractivity contribution in [1.82, 2.24) is 4.90 Å². The molecule has 1 fully saturated rings. The molecular formula is C17H20FNO2. The zero-order chi connectivity index (χ0) is 15.5. The summed E-state index contributed by atoms with van der Waals surface area (Å²) in [7, 11) is 0. The molecule has 112 valence electrons. The summed E-state index contributed by atoms with van der Waals surface area (Å²) in [6.07, 6.45) is 1.84. The van der Waals surface area contributed by atoms with Crippen molar-refractivity contribution in [2.45, 2.75) is 26.7 Å². The van der Waals surface area contributed by atoms with Crippen molar-refractivity contribution < 1.29 is 14.3 Å². The first-order valence-electron chi connectivity index (χ1n) is 7.11. The Balaban J connectivity index is 2.19. The Morgan fingerprint density at radius 2 is 2.05 bits per heavy atom. The molecule has 1 N–H and O–H groups in total. The van der Waals surface area contributed by atoms with Gasteiger partial charge in [0.15, 0.2) is 0 Å². The van der Waals surface area contributed by atoms with E-state index >= 15 is 0 Å². The molecule has 0 spiro atoms. The lowest BCUT2D eigenvalue weighted by molar-refractivity contribution is 0.0625. The van der Waals surface area contributed by atoms with Crippen LogP contribution in [0.15, 0.2) is 18.2 Å². The van der Waals surface area contributed by atoms with Crippen LogP contribution in [0.4, 0.5) is 4.39 Å². The molecule has 4 heteroatoms. The number of carbonyl (C=O) groups excluding carboxylic acids is 1. The maximum absolute atomic E-state index is 13.9. The lowest BCUT2D eigenvalue weighted by Crippen LogP contribution is -2.41. The van der Waals surface area contributed by atoms with Crippen molar-refractivity contribution in [1.29, 1.82) is 0 Å². The van der Waals surface area contributed by atoms with Crippen LogP contribution >= 0.6 is 0 Å². The van der Waals surface area contributed by atoms with E-state index in [9.17, 15) is 9.18 Å². The van der Waals surface area contributed by atoms with Gasteiger partial charge in [0.25, 0.3) is 5.91 Å². The van der Waals surface area contributed by atoms with E-state index in [1.807, 2.05) is 0 Å². The summed E-state index contributed by atoms with van der Waals surface area (Å²) in [5.74, 6) is 4.38. The Morgan fingerprint density at radius 1 is 1.38 bits per heavy atom. The van der Waals surface area contributed by atoms with Crippen LogP contribution in [0.1, 0.15) is 42.6 Å². The number of benzene rings is 1. The van der Waals surface area contributed by atoms with Crippen LogP contribution in [0.2, 0.25) is 0 Å². The summed E-state index contributed by atoms with van der Waals surface area (Å²) >= 11 is 0. The number of hydrogen-bond acceptors (Lipinski definition) is 2. The summed E-state index contributed by atoms with van der Waals surface area (Å²) in [6, 6.07) is 4.22. The number of halogens is 1. The smallest absolute Gasteiger partial charge is 0.256 e. The Hall–Kier alpha value is -1.86. The molecule has 21 heavy (non-hydrogen) atoms. The molecule has 0 atom stereocenters. The van der Waals surface area contributed by atoms with Gasteiger partial charge < -0.3 is 10.0 Å². The van der Waals surface area contributed by atoms with E-state index in [0.717, 1.165) is 12.8 Å². The molecule has 2 rings (SSSR count). The standard InChI is InChI=1S/C17H20FNO2/c1-17(2)7-9-19(10-8-17)16(21)14-12-13(4-3-11-20)5-6-15(14)18/h5-6,12,20H,7-11H2,1-2H3. The first-order chi connectivity index (χ1) is 9.93. The SMILES string of the molecule is CC1(C)CCN(C(=O)c2cc(C#CCO)ccc2F)CC1. The zero-order valence-corrected chi connectivity index (χ0v) is 12.4. The quantitative estimate of drug-likeness (QED) is 0.807. The van der Waals surface area contributed by atoms with Crippen molar-refractivity contribution in [2.24, 2.45) is 5.41 Å². The Morgan fingerprint density at radius 3 is 2.67 bits per heavy atom. The number of amides is 1. The van der Waals surface area contributed by atoms with Gasteiger partial charge in [0.1, 0.15) is 12.4 Å². The van der Waals surface area contributed by atoms with E-state index < -0.39 is 5.82 Å². The number of rotatable bonds is 1. The lowest BCUT2D eigenvalue weighted by atomic mass is 9.82. The third-order valence-electron chi connectivity index (χ3n) is 3.91. The molecule has 1 amide bonds. The van der Waals surface area contributed by atoms with Crippen molar-refractivity contribution in [3.8, 4) is 11.8 Å². The van der Waals surface area contributed by atoms with Gasteiger partial charge >= 0.3 is 0 Å². The largest absolute Gasteiger partial charge is 0.384 e. The molecule has 0 unspecified atom stereocenters. The molecule has 1 aliphatic heterocycles. The number of hydrogen-bond donors (Lipinski definition) is 1. The molecule has 0 bridgehead atoms. The van der Waals surface area contributed by atoms with Crippen LogP contribution in [0, 0.1) is 23.1 Å². The van der Waals surface area contributed by atoms with Crippen LogP contribution in [0.5, 0.6) is 0 Å². The van der Waals surface area contributed by atoms with Gasteiger partial charge in [0.05, 0.1) is 5.56 Å². The van der Waals surface area contributed by atoms with Gasteiger partial charge in [-0.3, -0.25) is 4.79 Å². The molecule has 3 nitrogen and oxygen atoms in total. The summed E-state index contributed by atoms with van der Waals surface area (Å²) in [6.45, 7) is 5.40. The number of carbonyl (C=O) groups is 1. The van der Waals surface area contributed by atoms with E-state index in [4.69, 9.17) is 5.11 Å². The number of likely N-dealkylation sites (tertiary alicyclic amines) is 1. The van der Waals surface area contributed by atoms with Crippen molar-refractivity contribution in [3.05, 3.63) is 35.1 Å². The maximum atomic E-state index is 13.9. The molecule has 0 aromatic heterocycles. The predicted octanol–water partition coefficient (Wildman–Crippen LogP) is 2.43. The topological polar surface area (TPSA) is 40.5 Å². The molecule has 1 aromatic carbocycles. The average molecular weight is 289 g/mol. The highest BCUT2D eigenvalue weighted by molar-refractivity contribution is 5.95. The van der Waals surface area contributed by atoms with Crippen LogP contribution < -0.4 is 0 Å². The van der Waals surface area contributed by atoms with Crippen molar-refractivity contribution in [2.75, 3.05) is 19.7 Å². The minimum Gasteiger partial charge on any atom is -0.384 e. The molecular weight excluding hydrogens is 269 g/mol. The van der Waals surface area contributed by atoms with Gasteiger partial charge in [-0.15, -0.1) is 0 Å². The number of piperidine rings is 1. The minimum atomic E-state index is -0.528. The lowest BCUT2D eigenvalue weighted by Gasteiger charge is -2.37. The fourth-order valence-corrected chi connectivity index (χ4v) is 2.39. The highest BCUT2D eigenvalue weighted by Gasteiger charge is 2.29. The monoisotopic (exact) mass is 289 g/mol. The van der Waals surface area contributed by atoms with Crippen LogP contribution in [-0.4, -0.2) is 35.6 Å². The normalized spacial score (nSPS) is 17.0.